The van der Waals surface area contributed by atoms with E-state index in [1.165, 1.54) is 6.42 Å². The Kier molecular flexibility index (Phi) is 4.70. The van der Waals surface area contributed by atoms with E-state index in [1.807, 2.05) is 48.5 Å². The van der Waals surface area contributed by atoms with Gasteiger partial charge in [0.25, 0.3) is 0 Å². The molecule has 22 heavy (non-hydrogen) atoms. The fraction of sp³-hybridized carbons (Fsp3) is 0.316. The average molecular weight is 309 g/mol. The van der Waals surface area contributed by atoms with Crippen LogP contribution in [0.3, 0.4) is 0 Å². The molecule has 1 aliphatic carbocycles. The maximum atomic E-state index is 9.67. The van der Waals surface area contributed by atoms with Gasteiger partial charge in [-0.25, -0.2) is 0 Å². The number of benzene rings is 2. The summed E-state index contributed by atoms with van der Waals surface area (Å²) < 4.78 is 5.71. The second-order valence-electron chi connectivity index (χ2n) is 5.63. The molecular formula is C19H19NOS. The van der Waals surface area contributed by atoms with Gasteiger partial charge in [0, 0.05) is 0 Å². The highest BCUT2D eigenvalue weighted by Crippen LogP contribution is 2.46. The van der Waals surface area contributed by atoms with E-state index in [-0.39, 0.29) is 4.75 Å². The lowest BCUT2D eigenvalue weighted by Gasteiger charge is -2.30. The molecule has 2 aromatic carbocycles. The van der Waals surface area contributed by atoms with Gasteiger partial charge in [0.15, 0.2) is 0 Å². The van der Waals surface area contributed by atoms with E-state index < -0.39 is 0 Å². The summed E-state index contributed by atoms with van der Waals surface area (Å²) >= 11 is 1.67. The van der Waals surface area contributed by atoms with Crippen LogP contribution in [-0.4, -0.2) is 4.75 Å². The van der Waals surface area contributed by atoms with Gasteiger partial charge < -0.3 is 4.74 Å². The molecule has 0 N–H and O–H groups in total. The van der Waals surface area contributed by atoms with E-state index in [9.17, 15) is 5.26 Å². The first-order valence-electron chi connectivity index (χ1n) is 7.74. The standard InChI is InChI=1S/C19H19NOS/c20-15-19(13-7-2-8-14-19)22-18-12-6-5-11-17(18)21-16-9-3-1-4-10-16/h1,3-6,9-12H,2,7-8,13-14H2. The summed E-state index contributed by atoms with van der Waals surface area (Å²) in [5, 5.41) is 9.67. The summed E-state index contributed by atoms with van der Waals surface area (Å²) in [6, 6.07) is 20.4. The number of thioether (sulfide) groups is 1. The van der Waals surface area contributed by atoms with Crippen LogP contribution in [0.25, 0.3) is 0 Å². The molecule has 112 valence electrons. The monoisotopic (exact) mass is 309 g/mol. The van der Waals surface area contributed by atoms with Crippen molar-refractivity contribution in [2.24, 2.45) is 0 Å². The predicted molar refractivity (Wildman–Crippen MR) is 90.2 cm³/mol. The Morgan fingerprint density at radius 3 is 2.32 bits per heavy atom. The SMILES string of the molecule is N#CC1(Sc2ccccc2Oc2ccccc2)CCCCC1. The summed E-state index contributed by atoms with van der Waals surface area (Å²) in [4.78, 5) is 1.05. The molecule has 0 amide bonds. The number of nitriles is 1. The second-order valence-corrected chi connectivity index (χ2v) is 7.06. The van der Waals surface area contributed by atoms with Crippen LogP contribution in [0.15, 0.2) is 59.5 Å². The molecule has 3 rings (SSSR count). The van der Waals surface area contributed by atoms with E-state index in [1.54, 1.807) is 11.8 Å². The quantitative estimate of drug-likeness (QED) is 0.715. The Morgan fingerprint density at radius 2 is 1.59 bits per heavy atom. The topological polar surface area (TPSA) is 33.0 Å². The molecule has 3 heteroatoms. The first-order chi connectivity index (χ1) is 10.8. The molecule has 0 bridgehead atoms. The van der Waals surface area contributed by atoms with Crippen LogP contribution < -0.4 is 4.74 Å². The van der Waals surface area contributed by atoms with Gasteiger partial charge in [0.1, 0.15) is 16.2 Å². The van der Waals surface area contributed by atoms with Gasteiger partial charge in [0.05, 0.1) is 11.0 Å². The Bertz CT molecular complexity index is 657. The van der Waals surface area contributed by atoms with E-state index in [0.29, 0.717) is 0 Å². The molecule has 0 atom stereocenters. The number of hydrogen-bond donors (Lipinski definition) is 0. The van der Waals surface area contributed by atoms with Crippen molar-refractivity contribution in [2.45, 2.75) is 41.7 Å². The fourth-order valence-corrected chi connectivity index (χ4v) is 4.12. The fourth-order valence-electron chi connectivity index (χ4n) is 2.80. The molecular weight excluding hydrogens is 290 g/mol. The highest BCUT2D eigenvalue weighted by molar-refractivity contribution is 8.01. The number of para-hydroxylation sites is 2. The lowest BCUT2D eigenvalue weighted by molar-refractivity contribution is 0.454. The zero-order valence-corrected chi connectivity index (χ0v) is 13.3. The molecule has 1 fully saturated rings. The number of rotatable bonds is 4. The Balaban J connectivity index is 1.83. The molecule has 0 heterocycles. The number of hydrogen-bond acceptors (Lipinski definition) is 3. The van der Waals surface area contributed by atoms with Gasteiger partial charge in [-0.1, -0.05) is 61.4 Å². The molecule has 1 aliphatic rings. The van der Waals surface area contributed by atoms with E-state index in [4.69, 9.17) is 4.74 Å². The summed E-state index contributed by atoms with van der Waals surface area (Å²) in [7, 11) is 0. The van der Waals surface area contributed by atoms with Crippen LogP contribution in [-0.2, 0) is 0 Å². The summed E-state index contributed by atoms with van der Waals surface area (Å²) in [5.74, 6) is 1.66. The van der Waals surface area contributed by atoms with Crippen LogP contribution in [0.5, 0.6) is 11.5 Å². The lowest BCUT2D eigenvalue weighted by atomic mass is 9.89. The first-order valence-corrected chi connectivity index (χ1v) is 8.55. The number of ether oxygens (including phenoxy) is 1. The van der Waals surface area contributed by atoms with Gasteiger partial charge in [-0.05, 0) is 37.1 Å². The third-order valence-electron chi connectivity index (χ3n) is 3.99. The smallest absolute Gasteiger partial charge is 0.141 e. The molecule has 0 spiro atoms. The molecule has 0 unspecified atom stereocenters. The van der Waals surface area contributed by atoms with Crippen molar-refractivity contribution in [3.05, 3.63) is 54.6 Å². The van der Waals surface area contributed by atoms with Crippen LogP contribution in [0, 0.1) is 11.3 Å². The van der Waals surface area contributed by atoms with Gasteiger partial charge in [0.2, 0.25) is 0 Å². The van der Waals surface area contributed by atoms with Gasteiger partial charge in [-0.2, -0.15) is 5.26 Å². The highest BCUT2D eigenvalue weighted by atomic mass is 32.2. The van der Waals surface area contributed by atoms with Crippen molar-refractivity contribution in [1.29, 1.82) is 5.26 Å². The largest absolute Gasteiger partial charge is 0.456 e. The molecule has 0 radical (unpaired) electrons. The van der Waals surface area contributed by atoms with E-state index >= 15 is 0 Å². The Hall–Kier alpha value is -1.92. The third kappa shape index (κ3) is 3.45. The predicted octanol–water partition coefficient (Wildman–Crippen LogP) is 5.80. The molecule has 1 saturated carbocycles. The molecule has 2 nitrogen and oxygen atoms in total. The average Bonchev–Trinajstić information content (AvgIpc) is 2.58. The third-order valence-corrected chi connectivity index (χ3v) is 5.44. The first kappa shape index (κ1) is 15.0. The molecule has 2 aromatic rings. The maximum Gasteiger partial charge on any atom is 0.141 e. The van der Waals surface area contributed by atoms with Crippen molar-refractivity contribution in [3.8, 4) is 17.6 Å². The van der Waals surface area contributed by atoms with Crippen LogP contribution >= 0.6 is 11.8 Å². The van der Waals surface area contributed by atoms with Gasteiger partial charge >= 0.3 is 0 Å². The van der Waals surface area contributed by atoms with Crippen molar-refractivity contribution in [1.82, 2.24) is 0 Å². The summed E-state index contributed by atoms with van der Waals surface area (Å²) in [6.45, 7) is 0. The van der Waals surface area contributed by atoms with Crippen molar-refractivity contribution in [2.75, 3.05) is 0 Å². The number of nitrogens with zero attached hydrogens (tertiary/aromatic N) is 1. The van der Waals surface area contributed by atoms with Crippen LogP contribution in [0.4, 0.5) is 0 Å². The van der Waals surface area contributed by atoms with Crippen LogP contribution in [0.1, 0.15) is 32.1 Å². The maximum absolute atomic E-state index is 9.67. The lowest BCUT2D eigenvalue weighted by Crippen LogP contribution is -2.25. The summed E-state index contributed by atoms with van der Waals surface area (Å²) in [6.07, 6.45) is 5.46. The van der Waals surface area contributed by atoms with Gasteiger partial charge in [-0.15, -0.1) is 0 Å². The molecule has 0 aromatic heterocycles. The van der Waals surface area contributed by atoms with Crippen molar-refractivity contribution < 1.29 is 4.74 Å². The minimum absolute atomic E-state index is 0.297. The highest BCUT2D eigenvalue weighted by Gasteiger charge is 2.34. The van der Waals surface area contributed by atoms with Crippen LogP contribution in [0.2, 0.25) is 0 Å². The van der Waals surface area contributed by atoms with Gasteiger partial charge in [-0.3, -0.25) is 0 Å². The zero-order valence-electron chi connectivity index (χ0n) is 12.5. The Morgan fingerprint density at radius 1 is 0.909 bits per heavy atom. The van der Waals surface area contributed by atoms with Crippen molar-refractivity contribution in [3.63, 3.8) is 0 Å². The van der Waals surface area contributed by atoms with E-state index in [2.05, 4.69) is 12.1 Å². The second kappa shape index (κ2) is 6.89. The van der Waals surface area contributed by atoms with Crippen molar-refractivity contribution >= 4 is 11.8 Å². The minimum Gasteiger partial charge on any atom is -0.456 e. The minimum atomic E-state index is -0.297. The molecule has 0 saturated heterocycles. The molecule has 0 aliphatic heterocycles. The normalized spacial score (nSPS) is 16.7. The zero-order chi connectivity index (χ0) is 15.3. The van der Waals surface area contributed by atoms with E-state index in [0.717, 1.165) is 42.1 Å². The summed E-state index contributed by atoms with van der Waals surface area (Å²) in [5.41, 5.74) is 0. The Labute approximate surface area is 136 Å².